The lowest BCUT2D eigenvalue weighted by Crippen LogP contribution is -2.44. The molecule has 1 aliphatic rings. The van der Waals surface area contributed by atoms with Crippen LogP contribution in [0.4, 0.5) is 0 Å². The monoisotopic (exact) mass is 255 g/mol. The van der Waals surface area contributed by atoms with Crippen molar-refractivity contribution in [1.29, 1.82) is 0 Å². The second-order valence-corrected chi connectivity index (χ2v) is 7.03. The van der Waals surface area contributed by atoms with E-state index in [2.05, 4.69) is 33.0 Å². The molecule has 0 saturated heterocycles. The summed E-state index contributed by atoms with van der Waals surface area (Å²) >= 11 is 0. The highest BCUT2D eigenvalue weighted by atomic mass is 16.3. The molecule has 0 aromatic rings. The summed E-state index contributed by atoms with van der Waals surface area (Å²) in [5, 5.41) is 13.2. The third-order valence-electron chi connectivity index (χ3n) is 4.37. The second-order valence-electron chi connectivity index (χ2n) is 7.03. The lowest BCUT2D eigenvalue weighted by atomic mass is 9.80. The van der Waals surface area contributed by atoms with Crippen LogP contribution in [-0.2, 0) is 4.79 Å². The smallest absolute Gasteiger partial charge is 0.220 e. The predicted molar refractivity (Wildman–Crippen MR) is 74.3 cm³/mol. The van der Waals surface area contributed by atoms with Crippen LogP contribution in [0.25, 0.3) is 0 Å². The number of hydrogen-bond donors (Lipinski definition) is 2. The summed E-state index contributed by atoms with van der Waals surface area (Å²) in [7, 11) is 0. The molecule has 1 atom stereocenters. The summed E-state index contributed by atoms with van der Waals surface area (Å²) < 4.78 is 0. The molecule has 1 fully saturated rings. The summed E-state index contributed by atoms with van der Waals surface area (Å²) in [6, 6.07) is 0. The zero-order valence-corrected chi connectivity index (χ0v) is 12.4. The van der Waals surface area contributed by atoms with Gasteiger partial charge in [-0.1, -0.05) is 47.0 Å². The highest BCUT2D eigenvalue weighted by Crippen LogP contribution is 2.29. The number of amides is 1. The number of nitrogens with one attached hydrogen (secondary N) is 1. The van der Waals surface area contributed by atoms with E-state index in [-0.39, 0.29) is 11.3 Å². The van der Waals surface area contributed by atoms with E-state index in [1.54, 1.807) is 0 Å². The molecule has 0 heterocycles. The molecule has 0 aromatic heterocycles. The Hall–Kier alpha value is -0.570. The van der Waals surface area contributed by atoms with Gasteiger partial charge < -0.3 is 10.4 Å². The van der Waals surface area contributed by atoms with Crippen molar-refractivity contribution in [2.45, 2.75) is 71.8 Å². The van der Waals surface area contributed by atoms with Gasteiger partial charge in [0.25, 0.3) is 0 Å². The van der Waals surface area contributed by atoms with Gasteiger partial charge in [-0.3, -0.25) is 4.79 Å². The average molecular weight is 255 g/mol. The molecule has 0 aromatic carbocycles. The normalized spacial score (nSPS) is 21.4. The molecule has 0 bridgehead atoms. The van der Waals surface area contributed by atoms with Crippen molar-refractivity contribution >= 4 is 5.91 Å². The Labute approximate surface area is 111 Å². The number of rotatable bonds is 4. The van der Waals surface area contributed by atoms with E-state index in [4.69, 9.17) is 0 Å². The van der Waals surface area contributed by atoms with Crippen LogP contribution in [0.15, 0.2) is 0 Å². The van der Waals surface area contributed by atoms with E-state index in [0.29, 0.717) is 18.9 Å². The molecule has 2 N–H and O–H groups in total. The van der Waals surface area contributed by atoms with Gasteiger partial charge in [-0.05, 0) is 24.2 Å². The van der Waals surface area contributed by atoms with Crippen LogP contribution in [0.3, 0.4) is 0 Å². The van der Waals surface area contributed by atoms with E-state index in [1.807, 2.05) is 0 Å². The Balaban J connectivity index is 2.32. The van der Waals surface area contributed by atoms with Crippen molar-refractivity contribution in [1.82, 2.24) is 5.32 Å². The Morgan fingerprint density at radius 3 is 2.33 bits per heavy atom. The summed E-state index contributed by atoms with van der Waals surface area (Å²) in [5.74, 6) is 0.412. The van der Waals surface area contributed by atoms with Crippen molar-refractivity contribution in [3.8, 4) is 0 Å². The van der Waals surface area contributed by atoms with E-state index in [1.165, 1.54) is 6.42 Å². The third kappa shape index (κ3) is 4.97. The highest BCUT2D eigenvalue weighted by Gasteiger charge is 2.30. The molecule has 3 heteroatoms. The fraction of sp³-hybridized carbons (Fsp3) is 0.933. The topological polar surface area (TPSA) is 49.3 Å². The van der Waals surface area contributed by atoms with Crippen molar-refractivity contribution in [2.24, 2.45) is 11.3 Å². The van der Waals surface area contributed by atoms with Gasteiger partial charge in [0, 0.05) is 13.0 Å². The Kier molecular flexibility index (Phi) is 5.20. The minimum atomic E-state index is -0.654. The summed E-state index contributed by atoms with van der Waals surface area (Å²) in [6.07, 6.45) is 5.54. The van der Waals surface area contributed by atoms with E-state index < -0.39 is 5.60 Å². The zero-order valence-electron chi connectivity index (χ0n) is 12.4. The van der Waals surface area contributed by atoms with Gasteiger partial charge in [-0.25, -0.2) is 0 Å². The van der Waals surface area contributed by atoms with Crippen LogP contribution in [0.2, 0.25) is 0 Å². The van der Waals surface area contributed by atoms with Crippen LogP contribution >= 0.6 is 0 Å². The van der Waals surface area contributed by atoms with Crippen LogP contribution in [0.5, 0.6) is 0 Å². The summed E-state index contributed by atoms with van der Waals surface area (Å²) in [5.41, 5.74) is -0.502. The van der Waals surface area contributed by atoms with Crippen molar-refractivity contribution < 1.29 is 9.90 Å². The Morgan fingerprint density at radius 1 is 1.28 bits per heavy atom. The Morgan fingerprint density at radius 2 is 1.83 bits per heavy atom. The minimum Gasteiger partial charge on any atom is -0.388 e. The first kappa shape index (κ1) is 15.5. The van der Waals surface area contributed by atoms with Crippen LogP contribution < -0.4 is 5.32 Å². The van der Waals surface area contributed by atoms with Crippen LogP contribution in [-0.4, -0.2) is 23.2 Å². The molecule has 0 radical (unpaired) electrons. The van der Waals surface area contributed by atoms with E-state index >= 15 is 0 Å². The minimum absolute atomic E-state index is 0.0661. The molecule has 106 valence electrons. The SMILES string of the molecule is CC(CC(=O)NCC1(O)CCCCC1)C(C)(C)C. The van der Waals surface area contributed by atoms with Crippen LogP contribution in [0, 0.1) is 11.3 Å². The van der Waals surface area contributed by atoms with E-state index in [0.717, 1.165) is 25.7 Å². The molecule has 1 rings (SSSR count). The molecule has 3 nitrogen and oxygen atoms in total. The van der Waals surface area contributed by atoms with Gasteiger partial charge >= 0.3 is 0 Å². The largest absolute Gasteiger partial charge is 0.388 e. The van der Waals surface area contributed by atoms with Crippen molar-refractivity contribution in [3.63, 3.8) is 0 Å². The van der Waals surface area contributed by atoms with Crippen molar-refractivity contribution in [2.75, 3.05) is 6.54 Å². The molecule has 0 spiro atoms. The molecule has 1 unspecified atom stereocenters. The number of aliphatic hydroxyl groups is 1. The fourth-order valence-corrected chi connectivity index (χ4v) is 2.31. The summed E-state index contributed by atoms with van der Waals surface area (Å²) in [4.78, 5) is 11.9. The van der Waals surface area contributed by atoms with Gasteiger partial charge in [0.15, 0.2) is 0 Å². The summed E-state index contributed by atoms with van der Waals surface area (Å²) in [6.45, 7) is 8.98. The Bertz CT molecular complexity index is 275. The number of carbonyl (C=O) groups excluding carboxylic acids is 1. The molecule has 18 heavy (non-hydrogen) atoms. The van der Waals surface area contributed by atoms with E-state index in [9.17, 15) is 9.90 Å². The molecule has 1 amide bonds. The predicted octanol–water partition coefficient (Wildman–Crippen LogP) is 2.87. The number of carbonyl (C=O) groups is 1. The molecular weight excluding hydrogens is 226 g/mol. The maximum Gasteiger partial charge on any atom is 0.220 e. The number of hydrogen-bond acceptors (Lipinski definition) is 2. The maximum atomic E-state index is 11.9. The lowest BCUT2D eigenvalue weighted by molar-refractivity contribution is -0.124. The van der Waals surface area contributed by atoms with Crippen molar-refractivity contribution in [3.05, 3.63) is 0 Å². The molecule has 0 aliphatic heterocycles. The van der Waals surface area contributed by atoms with Gasteiger partial charge in [-0.2, -0.15) is 0 Å². The van der Waals surface area contributed by atoms with Gasteiger partial charge in [0.05, 0.1) is 5.60 Å². The molecule has 1 aliphatic carbocycles. The van der Waals surface area contributed by atoms with Gasteiger partial charge in [-0.15, -0.1) is 0 Å². The zero-order chi connectivity index (χ0) is 13.8. The molecular formula is C15H29NO2. The van der Waals surface area contributed by atoms with Gasteiger partial charge in [0.2, 0.25) is 5.91 Å². The first-order chi connectivity index (χ1) is 8.23. The maximum absolute atomic E-state index is 11.9. The van der Waals surface area contributed by atoms with Crippen LogP contribution in [0.1, 0.15) is 66.2 Å². The quantitative estimate of drug-likeness (QED) is 0.811. The highest BCUT2D eigenvalue weighted by molar-refractivity contribution is 5.76. The third-order valence-corrected chi connectivity index (χ3v) is 4.37. The average Bonchev–Trinajstić information content (AvgIpc) is 2.26. The second kappa shape index (κ2) is 6.05. The lowest BCUT2D eigenvalue weighted by Gasteiger charge is -2.32. The first-order valence-electron chi connectivity index (χ1n) is 7.22. The fourth-order valence-electron chi connectivity index (χ4n) is 2.31. The first-order valence-corrected chi connectivity index (χ1v) is 7.22. The van der Waals surface area contributed by atoms with Gasteiger partial charge in [0.1, 0.15) is 0 Å². The molecule has 1 saturated carbocycles. The standard InChI is InChI=1S/C15H29NO2/c1-12(14(2,3)4)10-13(17)16-11-15(18)8-6-5-7-9-15/h12,18H,5-11H2,1-4H3,(H,16,17).